The highest BCUT2D eigenvalue weighted by molar-refractivity contribution is 7.99. The summed E-state index contributed by atoms with van der Waals surface area (Å²) in [6.07, 6.45) is -0.792. The molecule has 11 heteroatoms. The van der Waals surface area contributed by atoms with Crippen LogP contribution in [0.3, 0.4) is 0 Å². The van der Waals surface area contributed by atoms with E-state index in [2.05, 4.69) is 24.9 Å². The number of fused-ring (bicyclic) bond motifs is 1. The van der Waals surface area contributed by atoms with Gasteiger partial charge in [-0.2, -0.15) is 30.2 Å². The Bertz CT molecular complexity index is 1100. The molecule has 30 heavy (non-hydrogen) atoms. The van der Waals surface area contributed by atoms with Gasteiger partial charge in [-0.05, 0) is 13.0 Å². The molecule has 0 amide bonds. The van der Waals surface area contributed by atoms with Gasteiger partial charge in [-0.25, -0.2) is 20.0 Å². The first kappa shape index (κ1) is 20.4. The van der Waals surface area contributed by atoms with Crippen LogP contribution in [-0.4, -0.2) is 56.1 Å². The minimum Gasteiger partial charge on any atom is -0.345 e. The van der Waals surface area contributed by atoms with Crippen molar-refractivity contribution in [3.05, 3.63) is 35.8 Å². The monoisotopic (exact) mass is 433 g/mol. The molecule has 1 aliphatic rings. The highest BCUT2D eigenvalue weighted by Gasteiger charge is 2.32. The van der Waals surface area contributed by atoms with Crippen molar-refractivity contribution in [2.75, 3.05) is 36.1 Å². The van der Waals surface area contributed by atoms with E-state index in [-0.39, 0.29) is 16.6 Å². The van der Waals surface area contributed by atoms with Crippen molar-refractivity contribution in [2.45, 2.75) is 13.1 Å². The van der Waals surface area contributed by atoms with Crippen LogP contribution in [0.4, 0.5) is 19.1 Å². The zero-order valence-corrected chi connectivity index (χ0v) is 16.9. The summed E-state index contributed by atoms with van der Waals surface area (Å²) in [5, 5.41) is 13.9. The Hall–Kier alpha value is -2.84. The molecule has 0 saturated carbocycles. The van der Waals surface area contributed by atoms with Gasteiger partial charge < -0.3 is 4.98 Å². The van der Waals surface area contributed by atoms with Gasteiger partial charge >= 0.3 is 6.18 Å². The molecule has 1 saturated heterocycles. The Kier molecular flexibility index (Phi) is 5.53. The van der Waals surface area contributed by atoms with Gasteiger partial charge in [-0.15, -0.1) is 0 Å². The smallest absolute Gasteiger partial charge is 0.345 e. The highest BCUT2D eigenvalue weighted by Crippen LogP contribution is 2.35. The van der Waals surface area contributed by atoms with Crippen LogP contribution in [0.25, 0.3) is 22.3 Å². The van der Waals surface area contributed by atoms with Crippen molar-refractivity contribution in [3.8, 4) is 17.3 Å². The Morgan fingerprint density at radius 3 is 2.70 bits per heavy atom. The second kappa shape index (κ2) is 8.12. The molecule has 3 aromatic rings. The summed E-state index contributed by atoms with van der Waals surface area (Å²) >= 11 is 1.88. The minimum atomic E-state index is -4.52. The summed E-state index contributed by atoms with van der Waals surface area (Å²) in [5.41, 5.74) is 0.281. The Morgan fingerprint density at radius 2 is 2.03 bits per heavy atom. The number of rotatable bonds is 4. The van der Waals surface area contributed by atoms with Crippen molar-refractivity contribution < 1.29 is 13.2 Å². The molecule has 1 N–H and O–H groups in total. The van der Waals surface area contributed by atoms with Crippen LogP contribution >= 0.6 is 11.8 Å². The lowest BCUT2D eigenvalue weighted by molar-refractivity contribution is -0.137. The van der Waals surface area contributed by atoms with E-state index in [4.69, 9.17) is 0 Å². The van der Waals surface area contributed by atoms with Crippen LogP contribution in [0.5, 0.6) is 0 Å². The fourth-order valence-corrected chi connectivity index (χ4v) is 4.29. The van der Waals surface area contributed by atoms with E-state index in [0.29, 0.717) is 23.7 Å². The number of halogens is 3. The predicted octanol–water partition coefficient (Wildman–Crippen LogP) is 3.70. The fourth-order valence-electron chi connectivity index (χ4n) is 3.40. The number of thioether (sulfide) groups is 1. The normalized spacial score (nSPS) is 15.3. The third-order valence-corrected chi connectivity index (χ3v) is 5.81. The molecular formula is C19H18F3N7S. The third kappa shape index (κ3) is 3.80. The lowest BCUT2D eigenvalue weighted by Crippen LogP contribution is -2.48. The van der Waals surface area contributed by atoms with Crippen molar-refractivity contribution in [2.24, 2.45) is 0 Å². The summed E-state index contributed by atoms with van der Waals surface area (Å²) in [4.78, 5) is 15.7. The summed E-state index contributed by atoms with van der Waals surface area (Å²) in [6, 6.07) is 3.06. The van der Waals surface area contributed by atoms with Crippen LogP contribution in [0.15, 0.2) is 24.7 Å². The van der Waals surface area contributed by atoms with Gasteiger partial charge in [0.2, 0.25) is 5.95 Å². The molecule has 0 aromatic carbocycles. The van der Waals surface area contributed by atoms with Crippen molar-refractivity contribution in [1.29, 1.82) is 5.26 Å². The van der Waals surface area contributed by atoms with Crippen molar-refractivity contribution in [3.63, 3.8) is 0 Å². The first-order valence-electron chi connectivity index (χ1n) is 9.34. The summed E-state index contributed by atoms with van der Waals surface area (Å²) in [5.74, 6) is 2.40. The molecule has 0 radical (unpaired) electrons. The number of hydrogen-bond acceptors (Lipinski definition) is 7. The van der Waals surface area contributed by atoms with Crippen LogP contribution in [0, 0.1) is 11.3 Å². The zero-order valence-electron chi connectivity index (χ0n) is 16.1. The van der Waals surface area contributed by atoms with E-state index in [1.165, 1.54) is 12.4 Å². The molecule has 4 rings (SSSR count). The average Bonchev–Trinajstić information content (AvgIpc) is 3.17. The lowest BCUT2D eigenvalue weighted by atomic mass is 10.1. The number of alkyl halides is 3. The topological polar surface area (TPSA) is 84.7 Å². The average molecular weight is 433 g/mol. The summed E-state index contributed by atoms with van der Waals surface area (Å²) < 4.78 is 39.5. The fraction of sp³-hybridized carbons (Fsp3) is 0.368. The second-order valence-electron chi connectivity index (χ2n) is 6.65. The first-order chi connectivity index (χ1) is 14.4. The Labute approximate surface area is 174 Å². The van der Waals surface area contributed by atoms with Crippen LogP contribution in [-0.2, 0) is 6.18 Å². The van der Waals surface area contributed by atoms with Gasteiger partial charge in [0.15, 0.2) is 0 Å². The molecule has 0 atom stereocenters. The first-order valence-corrected chi connectivity index (χ1v) is 10.5. The van der Waals surface area contributed by atoms with E-state index in [9.17, 15) is 18.4 Å². The van der Waals surface area contributed by atoms with Crippen LogP contribution in [0.2, 0.25) is 0 Å². The Morgan fingerprint density at radius 1 is 1.27 bits per heavy atom. The maximum absolute atomic E-state index is 13.2. The molecule has 3 aromatic heterocycles. The van der Waals surface area contributed by atoms with Crippen molar-refractivity contribution >= 4 is 28.7 Å². The van der Waals surface area contributed by atoms with E-state index in [1.54, 1.807) is 0 Å². The number of nitrogens with zero attached hydrogens (tertiary/aromatic N) is 6. The molecular weight excluding hydrogens is 415 g/mol. The van der Waals surface area contributed by atoms with E-state index in [1.807, 2.05) is 29.8 Å². The molecule has 1 fully saturated rings. The Balaban J connectivity index is 1.82. The number of nitriles is 1. The maximum atomic E-state index is 13.2. The van der Waals surface area contributed by atoms with Gasteiger partial charge in [0, 0.05) is 54.5 Å². The van der Waals surface area contributed by atoms with Gasteiger partial charge in [-0.3, -0.25) is 5.01 Å². The van der Waals surface area contributed by atoms with E-state index < -0.39 is 11.7 Å². The third-order valence-electron chi connectivity index (χ3n) is 4.87. The molecule has 0 aliphatic carbocycles. The quantitative estimate of drug-likeness (QED) is 0.672. The minimum absolute atomic E-state index is 0.183. The summed E-state index contributed by atoms with van der Waals surface area (Å²) in [6.45, 7) is 4.31. The molecule has 0 bridgehead atoms. The van der Waals surface area contributed by atoms with Gasteiger partial charge in [-0.1, -0.05) is 0 Å². The van der Waals surface area contributed by atoms with Crippen molar-refractivity contribution in [1.82, 2.24) is 24.9 Å². The predicted molar refractivity (Wildman–Crippen MR) is 109 cm³/mol. The number of aromatic amines is 1. The summed E-state index contributed by atoms with van der Waals surface area (Å²) in [7, 11) is 0. The molecule has 0 spiro atoms. The number of hydrogen-bond donors (Lipinski definition) is 1. The zero-order chi connectivity index (χ0) is 21.3. The SMILES string of the molecule is CCN(c1ncc(C#N)c(-c2c[nH]c3ncc(C(F)(F)F)cc23)n1)N1CCSCC1. The highest BCUT2D eigenvalue weighted by atomic mass is 32.2. The number of aromatic nitrogens is 4. The van der Waals surface area contributed by atoms with Gasteiger partial charge in [0.1, 0.15) is 11.7 Å². The molecule has 4 heterocycles. The van der Waals surface area contributed by atoms with E-state index >= 15 is 0 Å². The van der Waals surface area contributed by atoms with Gasteiger partial charge in [0.05, 0.1) is 23.0 Å². The van der Waals surface area contributed by atoms with Crippen LogP contribution in [0.1, 0.15) is 18.1 Å². The number of nitrogens with one attached hydrogen (secondary N) is 1. The largest absolute Gasteiger partial charge is 0.417 e. The molecule has 7 nitrogen and oxygen atoms in total. The van der Waals surface area contributed by atoms with E-state index in [0.717, 1.165) is 36.9 Å². The molecule has 1 aliphatic heterocycles. The number of hydrazine groups is 1. The standard InChI is InChI=1S/C19H18F3N7S/c1-2-29(28-3-5-30-6-4-28)18-26-9-12(8-23)16(27-18)15-11-25-17-14(15)7-13(10-24-17)19(20,21)22/h7,9-11H,2-6H2,1H3,(H,24,25). The van der Waals surface area contributed by atoms with Crippen LogP contribution < -0.4 is 5.01 Å². The number of pyridine rings is 1. The van der Waals surface area contributed by atoms with Gasteiger partial charge in [0.25, 0.3) is 0 Å². The number of anilines is 1. The lowest BCUT2D eigenvalue weighted by Gasteiger charge is -2.36. The molecule has 156 valence electrons. The molecule has 0 unspecified atom stereocenters. The maximum Gasteiger partial charge on any atom is 0.417 e. The second-order valence-corrected chi connectivity index (χ2v) is 7.87. The number of H-pyrrole nitrogens is 1.